The summed E-state index contributed by atoms with van der Waals surface area (Å²) < 4.78 is 16.1. The first-order valence-electron chi connectivity index (χ1n) is 9.57. The Bertz CT molecular complexity index is 957. The quantitative estimate of drug-likeness (QED) is 0.277. The molecule has 0 aliphatic carbocycles. The summed E-state index contributed by atoms with van der Waals surface area (Å²) in [7, 11) is 0. The number of nitrogens with two attached hydrogens (primary N) is 1. The van der Waals surface area contributed by atoms with E-state index in [9.17, 15) is 9.59 Å². The molecule has 0 bridgehead atoms. The zero-order valence-electron chi connectivity index (χ0n) is 16.9. The molecule has 0 aromatic heterocycles. The van der Waals surface area contributed by atoms with E-state index in [4.69, 9.17) is 19.9 Å². The van der Waals surface area contributed by atoms with Crippen LogP contribution in [0.25, 0.3) is 0 Å². The summed E-state index contributed by atoms with van der Waals surface area (Å²) >= 11 is 0. The first-order valence-corrected chi connectivity index (χ1v) is 9.57. The van der Waals surface area contributed by atoms with Crippen LogP contribution < -0.4 is 25.9 Å². The summed E-state index contributed by atoms with van der Waals surface area (Å²) in [5, 5.41) is 6.94. The Hall–Kier alpha value is -3.75. The molecule has 1 heterocycles. The number of hydrogen-bond donors (Lipinski definition) is 3. The van der Waals surface area contributed by atoms with Gasteiger partial charge in [0.25, 0.3) is 0 Å². The van der Waals surface area contributed by atoms with Crippen molar-refractivity contribution in [2.24, 2.45) is 5.10 Å². The number of anilines is 1. The van der Waals surface area contributed by atoms with Crippen molar-refractivity contribution in [2.45, 2.75) is 20.3 Å². The van der Waals surface area contributed by atoms with Crippen LogP contribution in [-0.4, -0.2) is 37.7 Å². The number of amides is 2. The summed E-state index contributed by atoms with van der Waals surface area (Å²) in [6.45, 7) is 4.37. The minimum absolute atomic E-state index is 0.00889. The standard InChI is InChI=1S/C21H24N4O5/c1-3-23-21(27)25-24-20(13-5-7-15(22)8-6-13)16-11-18-17(29-12-30-18)9-14(16)10-19(26)28-4-2/h5-9,11H,3-4,10,12,22H2,1-2H3,(H2,23,25,27)/b24-20+. The highest BCUT2D eigenvalue weighted by Gasteiger charge is 2.23. The molecular weight excluding hydrogens is 388 g/mol. The molecular formula is C21H24N4O5. The third-order valence-corrected chi connectivity index (χ3v) is 4.28. The molecule has 1 aliphatic rings. The zero-order chi connectivity index (χ0) is 21.5. The van der Waals surface area contributed by atoms with Gasteiger partial charge in [0.05, 0.1) is 18.7 Å². The largest absolute Gasteiger partial charge is 0.466 e. The number of nitrogen functional groups attached to an aromatic ring is 1. The lowest BCUT2D eigenvalue weighted by Gasteiger charge is -2.14. The van der Waals surface area contributed by atoms with Gasteiger partial charge >= 0.3 is 12.0 Å². The summed E-state index contributed by atoms with van der Waals surface area (Å²) in [6, 6.07) is 10.1. The van der Waals surface area contributed by atoms with Crippen molar-refractivity contribution in [1.29, 1.82) is 0 Å². The molecule has 9 heteroatoms. The van der Waals surface area contributed by atoms with Crippen molar-refractivity contribution in [3.8, 4) is 11.5 Å². The van der Waals surface area contributed by atoms with Crippen molar-refractivity contribution in [3.63, 3.8) is 0 Å². The molecule has 0 spiro atoms. The van der Waals surface area contributed by atoms with Crippen LogP contribution >= 0.6 is 0 Å². The van der Waals surface area contributed by atoms with Crippen molar-refractivity contribution in [3.05, 3.63) is 53.1 Å². The molecule has 9 nitrogen and oxygen atoms in total. The number of urea groups is 1. The molecule has 0 atom stereocenters. The van der Waals surface area contributed by atoms with Gasteiger partial charge < -0.3 is 25.3 Å². The van der Waals surface area contributed by atoms with Crippen LogP contribution in [0.1, 0.15) is 30.5 Å². The summed E-state index contributed by atoms with van der Waals surface area (Å²) in [5.41, 5.74) is 11.3. The monoisotopic (exact) mass is 412 g/mol. The second-order valence-corrected chi connectivity index (χ2v) is 6.40. The highest BCUT2D eigenvalue weighted by Crippen LogP contribution is 2.36. The molecule has 2 aromatic rings. The van der Waals surface area contributed by atoms with E-state index in [1.54, 1.807) is 50.2 Å². The van der Waals surface area contributed by atoms with E-state index >= 15 is 0 Å². The maximum atomic E-state index is 12.2. The molecule has 2 amide bonds. The van der Waals surface area contributed by atoms with Crippen LogP contribution in [0.2, 0.25) is 0 Å². The predicted octanol–water partition coefficient (Wildman–Crippen LogP) is 2.17. The highest BCUT2D eigenvalue weighted by atomic mass is 16.7. The lowest BCUT2D eigenvalue weighted by Crippen LogP contribution is -2.33. The van der Waals surface area contributed by atoms with E-state index < -0.39 is 6.03 Å². The lowest BCUT2D eigenvalue weighted by atomic mass is 9.95. The number of carbonyl (C=O) groups is 2. The van der Waals surface area contributed by atoms with Crippen LogP contribution in [0.3, 0.4) is 0 Å². The fourth-order valence-electron chi connectivity index (χ4n) is 2.95. The Morgan fingerprint density at radius 1 is 1.13 bits per heavy atom. The topological polar surface area (TPSA) is 124 Å². The third kappa shape index (κ3) is 4.99. The Balaban J connectivity index is 2.08. The number of ether oxygens (including phenoxy) is 3. The van der Waals surface area contributed by atoms with Gasteiger partial charge in [0.1, 0.15) is 0 Å². The number of carbonyl (C=O) groups excluding carboxylic acids is 2. The number of fused-ring (bicyclic) bond motifs is 1. The second-order valence-electron chi connectivity index (χ2n) is 6.40. The second kappa shape index (κ2) is 9.64. The van der Waals surface area contributed by atoms with Gasteiger partial charge in [-0.3, -0.25) is 4.79 Å². The molecule has 3 rings (SSSR count). The van der Waals surface area contributed by atoms with Gasteiger partial charge in [-0.25, -0.2) is 10.2 Å². The van der Waals surface area contributed by atoms with Gasteiger partial charge in [-0.05, 0) is 43.7 Å². The van der Waals surface area contributed by atoms with Gasteiger partial charge in [0.15, 0.2) is 11.5 Å². The fraction of sp³-hybridized carbons (Fsp3) is 0.286. The maximum absolute atomic E-state index is 12.2. The van der Waals surface area contributed by atoms with E-state index in [-0.39, 0.29) is 25.8 Å². The van der Waals surface area contributed by atoms with Crippen molar-refractivity contribution in [1.82, 2.24) is 10.7 Å². The summed E-state index contributed by atoms with van der Waals surface area (Å²) in [4.78, 5) is 24.1. The molecule has 0 saturated carbocycles. The molecule has 0 fully saturated rings. The Labute approximate surface area is 174 Å². The zero-order valence-corrected chi connectivity index (χ0v) is 16.9. The number of nitrogens with zero attached hydrogens (tertiary/aromatic N) is 1. The van der Waals surface area contributed by atoms with Crippen molar-refractivity contribution >= 4 is 23.4 Å². The third-order valence-electron chi connectivity index (χ3n) is 4.28. The number of hydrogen-bond acceptors (Lipinski definition) is 7. The first kappa shape index (κ1) is 21.0. The highest BCUT2D eigenvalue weighted by molar-refractivity contribution is 6.14. The van der Waals surface area contributed by atoms with Crippen molar-refractivity contribution in [2.75, 3.05) is 25.7 Å². The number of nitrogens with one attached hydrogen (secondary N) is 2. The number of rotatable bonds is 7. The molecule has 0 radical (unpaired) electrons. The van der Waals surface area contributed by atoms with E-state index in [0.717, 1.165) is 0 Å². The Morgan fingerprint density at radius 2 is 1.83 bits per heavy atom. The van der Waals surface area contributed by atoms with E-state index in [0.29, 0.717) is 46.1 Å². The van der Waals surface area contributed by atoms with Gasteiger partial charge in [0.2, 0.25) is 6.79 Å². The van der Waals surface area contributed by atoms with Gasteiger partial charge in [0, 0.05) is 23.4 Å². The van der Waals surface area contributed by atoms with Crippen LogP contribution in [0.4, 0.5) is 10.5 Å². The van der Waals surface area contributed by atoms with Gasteiger partial charge in [-0.15, -0.1) is 0 Å². The normalized spacial score (nSPS) is 12.4. The minimum Gasteiger partial charge on any atom is -0.466 e. The van der Waals surface area contributed by atoms with Crippen LogP contribution in [-0.2, 0) is 16.0 Å². The Morgan fingerprint density at radius 3 is 2.50 bits per heavy atom. The van der Waals surface area contributed by atoms with Crippen LogP contribution in [0, 0.1) is 0 Å². The maximum Gasteiger partial charge on any atom is 0.335 e. The van der Waals surface area contributed by atoms with E-state index in [2.05, 4.69) is 15.8 Å². The Kier molecular flexibility index (Phi) is 6.74. The number of benzene rings is 2. The average Bonchev–Trinajstić information content (AvgIpc) is 3.17. The molecule has 1 aliphatic heterocycles. The molecule has 4 N–H and O–H groups in total. The summed E-state index contributed by atoms with van der Waals surface area (Å²) in [5.74, 6) is 0.677. The predicted molar refractivity (Wildman–Crippen MR) is 112 cm³/mol. The molecule has 30 heavy (non-hydrogen) atoms. The molecule has 0 saturated heterocycles. The van der Waals surface area contributed by atoms with Crippen LogP contribution in [0.15, 0.2) is 41.5 Å². The average molecular weight is 412 g/mol. The van der Waals surface area contributed by atoms with Gasteiger partial charge in [-0.2, -0.15) is 5.10 Å². The fourth-order valence-corrected chi connectivity index (χ4v) is 2.95. The summed E-state index contributed by atoms with van der Waals surface area (Å²) in [6.07, 6.45) is 0.00889. The van der Waals surface area contributed by atoms with E-state index in [1.807, 2.05) is 0 Å². The molecule has 2 aromatic carbocycles. The van der Waals surface area contributed by atoms with Crippen molar-refractivity contribution < 1.29 is 23.8 Å². The SMILES string of the molecule is CCNC(=O)N/N=C(\c1ccc(N)cc1)c1cc2c(cc1CC(=O)OCC)OCO2. The molecule has 158 valence electrons. The minimum atomic E-state index is -0.446. The van der Waals surface area contributed by atoms with Crippen LogP contribution in [0.5, 0.6) is 11.5 Å². The number of hydrazone groups is 1. The van der Waals surface area contributed by atoms with Gasteiger partial charge in [-0.1, -0.05) is 12.1 Å². The number of esters is 1. The first-order chi connectivity index (χ1) is 14.5. The van der Waals surface area contributed by atoms with E-state index in [1.165, 1.54) is 0 Å². The molecule has 0 unspecified atom stereocenters. The lowest BCUT2D eigenvalue weighted by molar-refractivity contribution is -0.142. The smallest absolute Gasteiger partial charge is 0.335 e.